The highest BCUT2D eigenvalue weighted by Gasteiger charge is 1.94. The maximum Gasteiger partial charge on any atom is 0.160 e. The summed E-state index contributed by atoms with van der Waals surface area (Å²) in [6.07, 6.45) is 4.13. The summed E-state index contributed by atoms with van der Waals surface area (Å²) in [5.74, 6) is -0.401. The third kappa shape index (κ3) is 4.62. The highest BCUT2D eigenvalue weighted by atomic mass is 35.5. The molecule has 0 N–H and O–H groups in total. The lowest BCUT2D eigenvalue weighted by Gasteiger charge is -1.93. The lowest BCUT2D eigenvalue weighted by Crippen LogP contribution is -1.77. The number of rotatable bonds is 3. The molecule has 0 saturated heterocycles. The van der Waals surface area contributed by atoms with E-state index in [2.05, 4.69) is 4.74 Å². The van der Waals surface area contributed by atoms with E-state index in [-0.39, 0.29) is 0 Å². The smallest absolute Gasteiger partial charge is 0.160 e. The number of hydrogen-bond donors (Lipinski definition) is 0. The average Bonchev–Trinajstić information content (AvgIpc) is 2.00. The second-order valence-electron chi connectivity index (χ2n) is 1.87. The van der Waals surface area contributed by atoms with Crippen molar-refractivity contribution in [2.24, 2.45) is 0 Å². The van der Waals surface area contributed by atoms with Crippen LogP contribution in [0.15, 0.2) is 35.3 Å². The summed E-state index contributed by atoms with van der Waals surface area (Å²) in [4.78, 5) is 0. The summed E-state index contributed by atoms with van der Waals surface area (Å²) in [5, 5.41) is 0. The number of halogens is 2. The van der Waals surface area contributed by atoms with Gasteiger partial charge in [-0.1, -0.05) is 23.8 Å². The second kappa shape index (κ2) is 5.98. The Morgan fingerprint density at radius 3 is 2.64 bits per heavy atom. The standard InChI is InChI=1S/C8H10ClFO/c1-7(4-3-5-9)8(10)6-11-2/h3-6H,1-2H3/b5-3+,7-4-,8-6-. The average molecular weight is 177 g/mol. The highest BCUT2D eigenvalue weighted by Crippen LogP contribution is 2.10. The number of methoxy groups -OCH3 is 1. The van der Waals surface area contributed by atoms with E-state index in [0.717, 1.165) is 6.26 Å². The Morgan fingerprint density at radius 2 is 2.18 bits per heavy atom. The Morgan fingerprint density at radius 1 is 1.55 bits per heavy atom. The fraction of sp³-hybridized carbons (Fsp3) is 0.250. The fourth-order valence-corrected chi connectivity index (χ4v) is 0.529. The van der Waals surface area contributed by atoms with Gasteiger partial charge < -0.3 is 4.74 Å². The first-order valence-electron chi connectivity index (χ1n) is 3.05. The lowest BCUT2D eigenvalue weighted by molar-refractivity contribution is 0.324. The molecule has 0 saturated carbocycles. The van der Waals surface area contributed by atoms with E-state index in [1.807, 2.05) is 0 Å². The van der Waals surface area contributed by atoms with Crippen LogP contribution < -0.4 is 0 Å². The molecule has 0 atom stereocenters. The van der Waals surface area contributed by atoms with E-state index in [9.17, 15) is 4.39 Å². The molecule has 0 spiro atoms. The van der Waals surface area contributed by atoms with Gasteiger partial charge in [0, 0.05) is 5.54 Å². The Kier molecular flexibility index (Phi) is 5.57. The van der Waals surface area contributed by atoms with Crippen molar-refractivity contribution in [3.63, 3.8) is 0 Å². The van der Waals surface area contributed by atoms with E-state index in [0.29, 0.717) is 5.57 Å². The molecule has 0 aliphatic rings. The number of hydrogen-bond acceptors (Lipinski definition) is 1. The van der Waals surface area contributed by atoms with Gasteiger partial charge in [-0.25, -0.2) is 4.39 Å². The molecule has 0 radical (unpaired) electrons. The van der Waals surface area contributed by atoms with Crippen LogP contribution in [0.4, 0.5) is 4.39 Å². The molecule has 1 nitrogen and oxygen atoms in total. The van der Waals surface area contributed by atoms with Gasteiger partial charge in [-0.15, -0.1) is 0 Å². The zero-order valence-corrected chi connectivity index (χ0v) is 7.23. The zero-order chi connectivity index (χ0) is 8.69. The first kappa shape index (κ1) is 10.2. The van der Waals surface area contributed by atoms with Crippen LogP contribution in [0.5, 0.6) is 0 Å². The SMILES string of the molecule is CO/C=C(F)/C(C)=C\C=C\Cl. The molecule has 62 valence electrons. The Bertz CT molecular complexity index is 194. The first-order chi connectivity index (χ1) is 5.22. The fourth-order valence-electron chi connectivity index (χ4n) is 0.457. The summed E-state index contributed by atoms with van der Waals surface area (Å²) in [5.41, 5.74) is 1.78. The minimum Gasteiger partial charge on any atom is -0.501 e. The predicted octanol–water partition coefficient (Wildman–Crippen LogP) is 3.14. The predicted molar refractivity (Wildman–Crippen MR) is 45.0 cm³/mol. The molecule has 0 aliphatic heterocycles. The summed E-state index contributed by atoms with van der Waals surface area (Å²) >= 11 is 5.23. The first-order valence-corrected chi connectivity index (χ1v) is 3.48. The molecule has 11 heavy (non-hydrogen) atoms. The summed E-state index contributed by atoms with van der Waals surface area (Å²) < 4.78 is 17.2. The molecule has 0 heterocycles. The largest absolute Gasteiger partial charge is 0.501 e. The van der Waals surface area contributed by atoms with Crippen LogP contribution in [0, 0.1) is 0 Å². The molecule has 0 aromatic heterocycles. The molecule has 0 amide bonds. The number of ether oxygens (including phenoxy) is 1. The molecule has 0 unspecified atom stereocenters. The Hall–Kier alpha value is -0.760. The van der Waals surface area contributed by atoms with Gasteiger partial charge in [-0.05, 0) is 12.5 Å². The maximum atomic E-state index is 12.7. The summed E-state index contributed by atoms with van der Waals surface area (Å²) in [6, 6.07) is 0. The second-order valence-corrected chi connectivity index (χ2v) is 2.12. The van der Waals surface area contributed by atoms with Crippen molar-refractivity contribution in [2.45, 2.75) is 6.92 Å². The van der Waals surface area contributed by atoms with Crippen LogP contribution in [-0.4, -0.2) is 7.11 Å². The van der Waals surface area contributed by atoms with E-state index in [1.165, 1.54) is 12.6 Å². The van der Waals surface area contributed by atoms with Crippen molar-refractivity contribution in [3.05, 3.63) is 35.3 Å². The van der Waals surface area contributed by atoms with Crippen molar-refractivity contribution in [1.82, 2.24) is 0 Å². The normalized spacial score (nSPS) is 14.2. The van der Waals surface area contributed by atoms with E-state index >= 15 is 0 Å². The van der Waals surface area contributed by atoms with Gasteiger partial charge >= 0.3 is 0 Å². The molecule has 0 aromatic carbocycles. The molecular weight excluding hydrogens is 167 g/mol. The monoisotopic (exact) mass is 176 g/mol. The van der Waals surface area contributed by atoms with E-state index in [4.69, 9.17) is 11.6 Å². The topological polar surface area (TPSA) is 9.23 Å². The van der Waals surface area contributed by atoms with Gasteiger partial charge in [0.25, 0.3) is 0 Å². The van der Waals surface area contributed by atoms with Crippen LogP contribution >= 0.6 is 11.6 Å². The van der Waals surface area contributed by atoms with Crippen molar-refractivity contribution < 1.29 is 9.13 Å². The van der Waals surface area contributed by atoms with Gasteiger partial charge in [-0.2, -0.15) is 0 Å². The summed E-state index contributed by atoms with van der Waals surface area (Å²) in [6.45, 7) is 1.63. The van der Waals surface area contributed by atoms with Crippen molar-refractivity contribution in [1.29, 1.82) is 0 Å². The summed E-state index contributed by atoms with van der Waals surface area (Å²) in [7, 11) is 1.39. The zero-order valence-electron chi connectivity index (χ0n) is 6.47. The van der Waals surface area contributed by atoms with E-state index < -0.39 is 5.83 Å². The lowest BCUT2D eigenvalue weighted by atomic mass is 10.2. The van der Waals surface area contributed by atoms with Crippen molar-refractivity contribution >= 4 is 11.6 Å². The van der Waals surface area contributed by atoms with E-state index in [1.54, 1.807) is 19.1 Å². The quantitative estimate of drug-likeness (QED) is 0.474. The molecule has 0 bridgehead atoms. The van der Waals surface area contributed by atoms with Crippen molar-refractivity contribution in [2.75, 3.05) is 7.11 Å². The van der Waals surface area contributed by atoms with Crippen LogP contribution in [0.2, 0.25) is 0 Å². The molecule has 3 heteroatoms. The van der Waals surface area contributed by atoms with Crippen LogP contribution in [0.3, 0.4) is 0 Å². The minimum atomic E-state index is -0.401. The van der Waals surface area contributed by atoms with Gasteiger partial charge in [0.2, 0.25) is 0 Å². The molecule has 0 rings (SSSR count). The van der Waals surface area contributed by atoms with Crippen LogP contribution in [0.25, 0.3) is 0 Å². The molecular formula is C8H10ClFO. The number of allylic oxidation sites excluding steroid dienone is 4. The van der Waals surface area contributed by atoms with Crippen molar-refractivity contribution in [3.8, 4) is 0 Å². The third-order valence-corrected chi connectivity index (χ3v) is 1.16. The highest BCUT2D eigenvalue weighted by molar-refractivity contribution is 6.25. The van der Waals surface area contributed by atoms with Crippen LogP contribution in [0.1, 0.15) is 6.92 Å². The van der Waals surface area contributed by atoms with Gasteiger partial charge in [0.1, 0.15) is 6.26 Å². The molecule has 0 fully saturated rings. The third-order valence-electron chi connectivity index (χ3n) is 1.02. The Balaban J connectivity index is 4.22. The van der Waals surface area contributed by atoms with Gasteiger partial charge in [-0.3, -0.25) is 0 Å². The van der Waals surface area contributed by atoms with Gasteiger partial charge in [0.15, 0.2) is 5.83 Å². The molecule has 0 aromatic rings. The Labute approximate surface area is 70.8 Å². The van der Waals surface area contributed by atoms with Crippen LogP contribution in [-0.2, 0) is 4.74 Å². The van der Waals surface area contributed by atoms with Gasteiger partial charge in [0.05, 0.1) is 7.11 Å². The maximum absolute atomic E-state index is 12.7. The minimum absolute atomic E-state index is 0.401. The molecule has 0 aliphatic carbocycles.